The molecule has 0 saturated heterocycles. The van der Waals surface area contributed by atoms with E-state index in [1.54, 1.807) is 12.1 Å². The molecule has 2 aromatic carbocycles. The van der Waals surface area contributed by atoms with Crippen molar-refractivity contribution in [1.82, 2.24) is 10.2 Å². The van der Waals surface area contributed by atoms with Crippen molar-refractivity contribution in [3.8, 4) is 22.9 Å². The second-order valence-corrected chi connectivity index (χ2v) is 5.44. The van der Waals surface area contributed by atoms with E-state index < -0.39 is 5.97 Å². The number of carboxylic acids is 1. The molecule has 0 fully saturated rings. The van der Waals surface area contributed by atoms with E-state index in [9.17, 15) is 4.79 Å². The monoisotopic (exact) mass is 392 g/mol. The van der Waals surface area contributed by atoms with E-state index >= 15 is 0 Å². The minimum Gasteiger partial charge on any atom is -0.478 e. The molecule has 0 radical (unpaired) electrons. The largest absolute Gasteiger partial charge is 0.478 e. The fourth-order valence-electron chi connectivity index (χ4n) is 1.87. The molecule has 0 amide bonds. The summed E-state index contributed by atoms with van der Waals surface area (Å²) in [5.41, 5.74) is 1.62. The van der Waals surface area contributed by atoms with Gasteiger partial charge in [0, 0.05) is 9.13 Å². The van der Waals surface area contributed by atoms with Gasteiger partial charge in [-0.3, -0.25) is 0 Å². The Bertz CT molecular complexity index is 814. The second kappa shape index (κ2) is 5.65. The van der Waals surface area contributed by atoms with Gasteiger partial charge in [0.2, 0.25) is 11.8 Å². The van der Waals surface area contributed by atoms with Crippen LogP contribution in [0.4, 0.5) is 0 Å². The van der Waals surface area contributed by atoms with Crippen LogP contribution in [0.5, 0.6) is 0 Å². The molecule has 1 aromatic heterocycles. The average molecular weight is 392 g/mol. The van der Waals surface area contributed by atoms with Crippen molar-refractivity contribution in [3.63, 3.8) is 0 Å². The van der Waals surface area contributed by atoms with Gasteiger partial charge in [0.15, 0.2) is 0 Å². The van der Waals surface area contributed by atoms with E-state index in [2.05, 4.69) is 32.8 Å². The number of benzene rings is 2. The molecule has 0 atom stereocenters. The Labute approximate surface area is 133 Å². The number of carbonyl (C=O) groups is 1. The van der Waals surface area contributed by atoms with Crippen molar-refractivity contribution < 1.29 is 14.3 Å². The smallest absolute Gasteiger partial charge is 0.335 e. The number of hydrogen-bond acceptors (Lipinski definition) is 4. The van der Waals surface area contributed by atoms with Crippen molar-refractivity contribution >= 4 is 28.6 Å². The lowest BCUT2D eigenvalue weighted by Crippen LogP contribution is -1.95. The Kier molecular flexibility index (Phi) is 3.70. The highest BCUT2D eigenvalue weighted by Crippen LogP contribution is 2.27. The zero-order chi connectivity index (χ0) is 14.8. The Morgan fingerprint density at radius 2 is 1.81 bits per heavy atom. The molecule has 0 aliphatic heterocycles. The molecule has 0 saturated carbocycles. The summed E-state index contributed by atoms with van der Waals surface area (Å²) in [5, 5.41) is 17.0. The molecular weight excluding hydrogens is 383 g/mol. The molecule has 5 nitrogen and oxygen atoms in total. The summed E-state index contributed by atoms with van der Waals surface area (Å²) in [6.45, 7) is 0. The second-order valence-electron chi connectivity index (χ2n) is 4.28. The summed E-state index contributed by atoms with van der Waals surface area (Å²) in [6.07, 6.45) is 0. The first-order chi connectivity index (χ1) is 10.1. The van der Waals surface area contributed by atoms with Crippen LogP contribution < -0.4 is 0 Å². The maximum absolute atomic E-state index is 11.0. The number of hydrogen-bond donors (Lipinski definition) is 1. The van der Waals surface area contributed by atoms with Crippen molar-refractivity contribution in [1.29, 1.82) is 0 Å². The number of carboxylic acid groups (broad SMARTS) is 1. The van der Waals surface area contributed by atoms with Gasteiger partial charge in [-0.05, 0) is 52.9 Å². The van der Waals surface area contributed by atoms with E-state index in [1.165, 1.54) is 12.1 Å². The molecule has 6 heteroatoms. The third-order valence-electron chi connectivity index (χ3n) is 2.89. The first-order valence-corrected chi connectivity index (χ1v) is 7.15. The van der Waals surface area contributed by atoms with Crippen LogP contribution in [0, 0.1) is 3.57 Å². The Hall–Kier alpha value is -2.22. The first-order valence-electron chi connectivity index (χ1n) is 6.07. The molecular formula is C15H9IN2O3. The van der Waals surface area contributed by atoms with Gasteiger partial charge in [0.05, 0.1) is 11.1 Å². The van der Waals surface area contributed by atoms with E-state index in [-0.39, 0.29) is 5.56 Å². The van der Waals surface area contributed by atoms with Crippen molar-refractivity contribution in [2.45, 2.75) is 0 Å². The summed E-state index contributed by atoms with van der Waals surface area (Å²) < 4.78 is 6.66. The summed E-state index contributed by atoms with van der Waals surface area (Å²) in [6, 6.07) is 14.1. The molecule has 0 unspecified atom stereocenters. The predicted octanol–water partition coefficient (Wildman–Crippen LogP) is 3.71. The van der Waals surface area contributed by atoms with E-state index in [0.29, 0.717) is 17.3 Å². The summed E-state index contributed by atoms with van der Waals surface area (Å²) in [7, 11) is 0. The highest BCUT2D eigenvalue weighted by molar-refractivity contribution is 14.1. The highest BCUT2D eigenvalue weighted by atomic mass is 127. The maximum Gasteiger partial charge on any atom is 0.335 e. The molecule has 0 bridgehead atoms. The Morgan fingerprint density at radius 3 is 2.57 bits per heavy atom. The Balaban J connectivity index is 2.01. The lowest BCUT2D eigenvalue weighted by molar-refractivity contribution is 0.0697. The van der Waals surface area contributed by atoms with Crippen LogP contribution in [0.1, 0.15) is 10.4 Å². The summed E-state index contributed by atoms with van der Waals surface area (Å²) >= 11 is 2.20. The van der Waals surface area contributed by atoms with Gasteiger partial charge in [-0.2, -0.15) is 0 Å². The molecule has 104 valence electrons. The van der Waals surface area contributed by atoms with Crippen molar-refractivity contribution in [2.24, 2.45) is 0 Å². The van der Waals surface area contributed by atoms with Gasteiger partial charge in [-0.15, -0.1) is 10.2 Å². The SMILES string of the molecule is O=C(O)c1cccc(-c2nnc(-c3ccccc3I)o2)c1. The zero-order valence-corrected chi connectivity index (χ0v) is 12.8. The van der Waals surface area contributed by atoms with Crippen molar-refractivity contribution in [2.75, 3.05) is 0 Å². The molecule has 0 spiro atoms. The summed E-state index contributed by atoms with van der Waals surface area (Å²) in [5.74, 6) is -0.280. The third-order valence-corrected chi connectivity index (χ3v) is 3.83. The first kappa shape index (κ1) is 13.7. The van der Waals surface area contributed by atoms with E-state index in [4.69, 9.17) is 9.52 Å². The number of halogens is 1. The minimum absolute atomic E-state index is 0.182. The topological polar surface area (TPSA) is 76.2 Å². The standard InChI is InChI=1S/C15H9IN2O3/c16-12-7-2-1-6-11(12)14-18-17-13(21-14)9-4-3-5-10(8-9)15(19)20/h1-8H,(H,19,20). The maximum atomic E-state index is 11.0. The van der Waals surface area contributed by atoms with Gasteiger partial charge in [-0.25, -0.2) is 4.79 Å². The minimum atomic E-state index is -0.991. The Morgan fingerprint density at radius 1 is 1.05 bits per heavy atom. The van der Waals surface area contributed by atoms with Crippen LogP contribution >= 0.6 is 22.6 Å². The molecule has 0 aliphatic rings. The number of aromatic nitrogens is 2. The van der Waals surface area contributed by atoms with Crippen molar-refractivity contribution in [3.05, 3.63) is 57.7 Å². The fourth-order valence-corrected chi connectivity index (χ4v) is 2.49. The van der Waals surface area contributed by atoms with Gasteiger partial charge >= 0.3 is 5.97 Å². The van der Waals surface area contributed by atoms with Gasteiger partial charge in [0.1, 0.15) is 0 Å². The average Bonchev–Trinajstić information content (AvgIpc) is 2.97. The lowest BCUT2D eigenvalue weighted by atomic mass is 10.1. The molecule has 1 N–H and O–H groups in total. The lowest BCUT2D eigenvalue weighted by Gasteiger charge is -1.98. The van der Waals surface area contributed by atoms with E-state index in [1.807, 2.05) is 24.3 Å². The van der Waals surface area contributed by atoms with E-state index in [0.717, 1.165) is 9.13 Å². The predicted molar refractivity (Wildman–Crippen MR) is 84.8 cm³/mol. The molecule has 0 aliphatic carbocycles. The van der Waals surface area contributed by atoms with Gasteiger partial charge in [0.25, 0.3) is 0 Å². The number of rotatable bonds is 3. The zero-order valence-electron chi connectivity index (χ0n) is 10.7. The third kappa shape index (κ3) is 2.80. The quantitative estimate of drug-likeness (QED) is 0.688. The molecule has 3 rings (SSSR count). The van der Waals surface area contributed by atoms with Crippen LogP contribution in [-0.4, -0.2) is 21.3 Å². The normalized spacial score (nSPS) is 10.5. The molecule has 3 aromatic rings. The van der Waals surface area contributed by atoms with Crippen LogP contribution in [-0.2, 0) is 0 Å². The van der Waals surface area contributed by atoms with Crippen LogP contribution in [0.25, 0.3) is 22.9 Å². The molecule has 1 heterocycles. The van der Waals surface area contributed by atoms with Gasteiger partial charge in [-0.1, -0.05) is 18.2 Å². The summed E-state index contributed by atoms with van der Waals surface area (Å²) in [4.78, 5) is 11.0. The van der Waals surface area contributed by atoms with Crippen LogP contribution in [0.3, 0.4) is 0 Å². The van der Waals surface area contributed by atoms with Gasteiger partial charge < -0.3 is 9.52 Å². The number of aromatic carboxylic acids is 1. The fraction of sp³-hybridized carbons (Fsp3) is 0. The highest BCUT2D eigenvalue weighted by Gasteiger charge is 2.13. The number of nitrogens with zero attached hydrogens (tertiary/aromatic N) is 2. The van der Waals surface area contributed by atoms with Crippen LogP contribution in [0.2, 0.25) is 0 Å². The molecule has 21 heavy (non-hydrogen) atoms. The van der Waals surface area contributed by atoms with Crippen LogP contribution in [0.15, 0.2) is 52.9 Å².